The Kier molecular flexibility index (Phi) is 10.6. The van der Waals surface area contributed by atoms with E-state index in [1.165, 1.54) is 41.3 Å². The molecule has 11 heteroatoms. The summed E-state index contributed by atoms with van der Waals surface area (Å²) in [5.74, 6) is -1.01. The Labute approximate surface area is 269 Å². The van der Waals surface area contributed by atoms with Gasteiger partial charge < -0.3 is 10.2 Å². The second-order valence-corrected chi connectivity index (χ2v) is 13.9. The molecule has 4 rings (SSSR count). The predicted octanol–water partition coefficient (Wildman–Crippen LogP) is 5.65. The first-order valence-electron chi connectivity index (χ1n) is 14.8. The molecule has 0 spiro atoms. The Bertz CT molecular complexity index is 1770. The summed E-state index contributed by atoms with van der Waals surface area (Å²) in [5.41, 5.74) is 1.78. The highest BCUT2D eigenvalue weighted by atomic mass is 32.2. The lowest BCUT2D eigenvalue weighted by Crippen LogP contribution is -2.56. The monoisotopic (exact) mass is 642 g/mol. The average Bonchev–Trinajstić information content (AvgIpc) is 3.01. The zero-order valence-electron chi connectivity index (χ0n) is 26.3. The van der Waals surface area contributed by atoms with E-state index in [0.29, 0.717) is 0 Å². The van der Waals surface area contributed by atoms with Gasteiger partial charge in [-0.2, -0.15) is 0 Å². The zero-order valence-corrected chi connectivity index (χ0v) is 27.1. The molecule has 0 saturated carbocycles. The Hall–Kier alpha value is -5.03. The third kappa shape index (κ3) is 8.79. The van der Waals surface area contributed by atoms with Crippen LogP contribution < -0.4 is 9.62 Å². The number of carbonyl (C=O) groups is 2. The lowest BCUT2D eigenvalue weighted by molar-refractivity contribution is -0.384. The molecule has 0 radical (unpaired) electrons. The van der Waals surface area contributed by atoms with Crippen molar-refractivity contribution >= 4 is 33.2 Å². The number of rotatable bonds is 12. The molecule has 0 saturated heterocycles. The van der Waals surface area contributed by atoms with Gasteiger partial charge >= 0.3 is 0 Å². The molecule has 1 unspecified atom stereocenters. The van der Waals surface area contributed by atoms with Gasteiger partial charge in [-0.25, -0.2) is 8.42 Å². The number of hydrogen-bond donors (Lipinski definition) is 1. The normalized spacial score (nSPS) is 12.2. The topological polar surface area (TPSA) is 130 Å². The van der Waals surface area contributed by atoms with Crippen LogP contribution in [0.1, 0.15) is 37.5 Å². The highest BCUT2D eigenvalue weighted by Gasteiger charge is 2.35. The Morgan fingerprint density at radius 1 is 0.848 bits per heavy atom. The van der Waals surface area contributed by atoms with Gasteiger partial charge in [-0.05, 0) is 63.1 Å². The fourth-order valence-corrected chi connectivity index (χ4v) is 6.44. The minimum Gasteiger partial charge on any atom is -0.350 e. The van der Waals surface area contributed by atoms with Gasteiger partial charge in [0.05, 0.1) is 15.5 Å². The van der Waals surface area contributed by atoms with Crippen LogP contribution in [0, 0.1) is 17.0 Å². The third-order valence-corrected chi connectivity index (χ3v) is 8.95. The molecule has 0 aliphatic carbocycles. The van der Waals surface area contributed by atoms with Crippen LogP contribution in [-0.4, -0.2) is 48.2 Å². The molecule has 1 N–H and O–H groups in total. The molecule has 0 aliphatic rings. The molecule has 0 fully saturated rings. The van der Waals surface area contributed by atoms with Crippen molar-refractivity contribution in [2.24, 2.45) is 0 Å². The van der Waals surface area contributed by atoms with Crippen LogP contribution in [0.25, 0.3) is 0 Å². The number of anilines is 1. The molecule has 4 aromatic carbocycles. The highest BCUT2D eigenvalue weighted by molar-refractivity contribution is 7.92. The van der Waals surface area contributed by atoms with E-state index in [9.17, 15) is 28.1 Å². The lowest BCUT2D eigenvalue weighted by atomic mass is 10.0. The SMILES string of the molecule is Cc1cccc(CN(C(=O)CN(c2ccc([N+](=O)[O-])cc2)S(=O)(=O)c2ccccc2)C(Cc2ccccc2)C(=O)NC(C)(C)C)c1. The molecule has 2 amide bonds. The fraction of sp³-hybridized carbons (Fsp3) is 0.257. The van der Waals surface area contributed by atoms with Crippen molar-refractivity contribution in [1.29, 1.82) is 0 Å². The van der Waals surface area contributed by atoms with Crippen molar-refractivity contribution in [3.63, 3.8) is 0 Å². The first-order chi connectivity index (χ1) is 21.7. The maximum Gasteiger partial charge on any atom is 0.269 e. The van der Waals surface area contributed by atoms with Crippen molar-refractivity contribution < 1.29 is 22.9 Å². The van der Waals surface area contributed by atoms with Crippen LogP contribution in [0.2, 0.25) is 0 Å². The molecule has 10 nitrogen and oxygen atoms in total. The molecular formula is C35H38N4O6S. The summed E-state index contributed by atoms with van der Waals surface area (Å²) in [5, 5.41) is 14.3. The number of amides is 2. The fourth-order valence-electron chi connectivity index (χ4n) is 5.00. The second-order valence-electron chi connectivity index (χ2n) is 12.1. The summed E-state index contributed by atoms with van der Waals surface area (Å²) in [4.78, 5) is 40.5. The van der Waals surface area contributed by atoms with Gasteiger partial charge in [-0.1, -0.05) is 78.4 Å². The van der Waals surface area contributed by atoms with Gasteiger partial charge in [0.25, 0.3) is 15.7 Å². The van der Waals surface area contributed by atoms with E-state index in [2.05, 4.69) is 5.32 Å². The number of sulfonamides is 1. The van der Waals surface area contributed by atoms with Gasteiger partial charge in [-0.3, -0.25) is 24.0 Å². The number of benzene rings is 4. The van der Waals surface area contributed by atoms with E-state index in [0.717, 1.165) is 21.0 Å². The summed E-state index contributed by atoms with van der Waals surface area (Å²) in [6, 6.07) is 28.5. The standard InChI is InChI=1S/C35H38N4O6S/c1-26-12-11-15-28(22-26)24-37(32(34(41)36-35(2,3)4)23-27-13-7-5-8-14-27)33(40)25-38(29-18-20-30(21-19-29)39(42)43)46(44,45)31-16-9-6-10-17-31/h5-22,32H,23-25H2,1-4H3,(H,36,41). The largest absolute Gasteiger partial charge is 0.350 e. The van der Waals surface area contributed by atoms with E-state index in [1.807, 2.05) is 82.3 Å². The van der Waals surface area contributed by atoms with Crippen LogP contribution in [0.5, 0.6) is 0 Å². The van der Waals surface area contributed by atoms with Gasteiger partial charge in [0.2, 0.25) is 11.8 Å². The molecule has 1 atom stereocenters. The predicted molar refractivity (Wildman–Crippen MR) is 178 cm³/mol. The van der Waals surface area contributed by atoms with Gasteiger partial charge in [0.15, 0.2) is 0 Å². The van der Waals surface area contributed by atoms with Gasteiger partial charge in [-0.15, -0.1) is 0 Å². The molecule has 0 heterocycles. The first-order valence-corrected chi connectivity index (χ1v) is 16.2. The van der Waals surface area contributed by atoms with E-state index >= 15 is 0 Å². The Balaban J connectivity index is 1.82. The number of aryl methyl sites for hydroxylation is 1. The highest BCUT2D eigenvalue weighted by Crippen LogP contribution is 2.27. The Morgan fingerprint density at radius 3 is 2.00 bits per heavy atom. The number of nitrogens with one attached hydrogen (secondary N) is 1. The molecule has 240 valence electrons. The number of nitro benzene ring substituents is 1. The van der Waals surface area contributed by atoms with Crippen molar-refractivity contribution in [3.8, 4) is 0 Å². The number of nitro groups is 1. The first kappa shape index (κ1) is 33.9. The zero-order chi connectivity index (χ0) is 33.5. The van der Waals surface area contributed by atoms with Crippen molar-refractivity contribution in [2.45, 2.75) is 57.1 Å². The van der Waals surface area contributed by atoms with Crippen molar-refractivity contribution in [1.82, 2.24) is 10.2 Å². The lowest BCUT2D eigenvalue weighted by Gasteiger charge is -2.35. The number of hydrogen-bond acceptors (Lipinski definition) is 6. The number of non-ortho nitro benzene ring substituents is 1. The Morgan fingerprint density at radius 2 is 1.43 bits per heavy atom. The average molecular weight is 643 g/mol. The second kappa shape index (κ2) is 14.4. The molecule has 0 aliphatic heterocycles. The third-order valence-electron chi connectivity index (χ3n) is 7.16. The quantitative estimate of drug-likeness (QED) is 0.157. The summed E-state index contributed by atoms with van der Waals surface area (Å²) in [6.07, 6.45) is 0.184. The molecule has 0 aromatic heterocycles. The summed E-state index contributed by atoms with van der Waals surface area (Å²) < 4.78 is 29.0. The summed E-state index contributed by atoms with van der Waals surface area (Å²) in [6.45, 7) is 6.84. The van der Waals surface area contributed by atoms with Crippen LogP contribution >= 0.6 is 0 Å². The molecular weight excluding hydrogens is 604 g/mol. The van der Waals surface area contributed by atoms with Crippen molar-refractivity contribution in [2.75, 3.05) is 10.8 Å². The van der Waals surface area contributed by atoms with Crippen LogP contribution in [0.15, 0.2) is 114 Å². The molecule has 4 aromatic rings. The van der Waals surface area contributed by atoms with Crippen LogP contribution in [0.4, 0.5) is 11.4 Å². The maximum absolute atomic E-state index is 14.5. The van der Waals surface area contributed by atoms with Gasteiger partial charge in [0.1, 0.15) is 12.6 Å². The van der Waals surface area contributed by atoms with E-state index < -0.39 is 39.0 Å². The summed E-state index contributed by atoms with van der Waals surface area (Å²) in [7, 11) is -4.31. The van der Waals surface area contributed by atoms with Crippen LogP contribution in [-0.2, 0) is 32.6 Å². The van der Waals surface area contributed by atoms with E-state index in [4.69, 9.17) is 0 Å². The van der Waals surface area contributed by atoms with Crippen LogP contribution in [0.3, 0.4) is 0 Å². The van der Waals surface area contributed by atoms with Crippen molar-refractivity contribution in [3.05, 3.63) is 136 Å². The minimum atomic E-state index is -4.31. The molecule has 0 bridgehead atoms. The maximum atomic E-state index is 14.5. The smallest absolute Gasteiger partial charge is 0.269 e. The number of nitrogens with zero attached hydrogens (tertiary/aromatic N) is 3. The van der Waals surface area contributed by atoms with E-state index in [1.54, 1.807) is 18.2 Å². The van der Waals surface area contributed by atoms with Gasteiger partial charge in [0, 0.05) is 30.6 Å². The minimum absolute atomic E-state index is 0.0368. The van der Waals surface area contributed by atoms with E-state index in [-0.39, 0.29) is 35.1 Å². The molecule has 46 heavy (non-hydrogen) atoms. The summed E-state index contributed by atoms with van der Waals surface area (Å²) >= 11 is 0. The number of carbonyl (C=O) groups excluding carboxylic acids is 2.